The molecule has 4 rings (SSSR count). The van der Waals surface area contributed by atoms with E-state index < -0.39 is 0 Å². The van der Waals surface area contributed by atoms with Gasteiger partial charge in [0.2, 0.25) is 0 Å². The van der Waals surface area contributed by atoms with E-state index in [9.17, 15) is 0 Å². The number of rotatable bonds is 5. The average molecular weight is 327 g/mol. The van der Waals surface area contributed by atoms with Crippen LogP contribution in [0, 0.1) is 5.92 Å². The standard InChI is InChI=1S/C19H29N5/c1-12(2)17-11-21-24-18(22-15-7-6-14(20)9-15)10-16(23-19(17)24)8-13-4-3-5-13/h10-15,22H,3-9,20H2,1-2H3/t14-,15-/m0/s1. The van der Waals surface area contributed by atoms with Crippen LogP contribution in [0.15, 0.2) is 12.3 Å². The zero-order valence-electron chi connectivity index (χ0n) is 14.8. The van der Waals surface area contributed by atoms with Gasteiger partial charge in [-0.2, -0.15) is 9.61 Å². The lowest BCUT2D eigenvalue weighted by atomic mass is 9.82. The van der Waals surface area contributed by atoms with E-state index in [2.05, 4.69) is 30.3 Å². The molecule has 24 heavy (non-hydrogen) atoms. The zero-order chi connectivity index (χ0) is 16.7. The van der Waals surface area contributed by atoms with Crippen molar-refractivity contribution in [1.82, 2.24) is 14.6 Å². The average Bonchev–Trinajstić information content (AvgIpc) is 3.09. The predicted octanol–water partition coefficient (Wildman–Crippen LogP) is 3.49. The van der Waals surface area contributed by atoms with Gasteiger partial charge in [0.25, 0.3) is 0 Å². The first-order valence-electron chi connectivity index (χ1n) is 9.50. The normalized spacial score (nSPS) is 24.7. The lowest BCUT2D eigenvalue weighted by molar-refractivity contribution is 0.312. The molecular formula is C19H29N5. The molecule has 0 bridgehead atoms. The molecule has 5 heteroatoms. The number of aromatic nitrogens is 3. The second kappa shape index (κ2) is 6.36. The maximum absolute atomic E-state index is 6.08. The van der Waals surface area contributed by atoms with Crippen LogP contribution in [0.3, 0.4) is 0 Å². The van der Waals surface area contributed by atoms with Crippen molar-refractivity contribution in [2.75, 3.05) is 5.32 Å². The molecule has 0 saturated heterocycles. The highest BCUT2D eigenvalue weighted by Gasteiger charge is 2.24. The maximum Gasteiger partial charge on any atom is 0.161 e. The Balaban J connectivity index is 1.69. The second-order valence-electron chi connectivity index (χ2n) is 8.04. The number of nitrogens with zero attached hydrogens (tertiary/aromatic N) is 3. The molecule has 0 amide bonds. The van der Waals surface area contributed by atoms with Crippen LogP contribution in [-0.4, -0.2) is 26.7 Å². The third-order valence-corrected chi connectivity index (χ3v) is 5.72. The first-order valence-corrected chi connectivity index (χ1v) is 9.50. The fourth-order valence-electron chi connectivity index (χ4n) is 3.99. The van der Waals surface area contributed by atoms with Crippen LogP contribution in [0.25, 0.3) is 5.65 Å². The minimum absolute atomic E-state index is 0.332. The van der Waals surface area contributed by atoms with Gasteiger partial charge in [0.05, 0.1) is 6.20 Å². The van der Waals surface area contributed by atoms with E-state index in [1.165, 1.54) is 30.5 Å². The van der Waals surface area contributed by atoms with E-state index in [0.29, 0.717) is 18.0 Å². The Morgan fingerprint density at radius 3 is 2.75 bits per heavy atom. The van der Waals surface area contributed by atoms with Crippen LogP contribution in [0.2, 0.25) is 0 Å². The molecule has 5 nitrogen and oxygen atoms in total. The molecule has 2 aliphatic carbocycles. The van der Waals surface area contributed by atoms with E-state index in [4.69, 9.17) is 10.7 Å². The van der Waals surface area contributed by atoms with Crippen LogP contribution in [0.4, 0.5) is 5.82 Å². The van der Waals surface area contributed by atoms with Gasteiger partial charge in [0, 0.05) is 29.4 Å². The summed E-state index contributed by atoms with van der Waals surface area (Å²) in [6.07, 6.45) is 10.4. The Hall–Kier alpha value is -1.62. The van der Waals surface area contributed by atoms with Crippen molar-refractivity contribution < 1.29 is 0 Å². The highest BCUT2D eigenvalue weighted by atomic mass is 15.3. The molecule has 0 spiro atoms. The van der Waals surface area contributed by atoms with E-state index in [0.717, 1.165) is 43.1 Å². The summed E-state index contributed by atoms with van der Waals surface area (Å²) < 4.78 is 1.99. The lowest BCUT2D eigenvalue weighted by Crippen LogP contribution is -2.22. The summed E-state index contributed by atoms with van der Waals surface area (Å²) in [5, 5.41) is 8.31. The molecule has 130 valence electrons. The van der Waals surface area contributed by atoms with Gasteiger partial charge in [-0.3, -0.25) is 0 Å². The molecular weight excluding hydrogens is 298 g/mol. The molecule has 0 aromatic carbocycles. The van der Waals surface area contributed by atoms with Crippen molar-refractivity contribution >= 4 is 11.5 Å². The second-order valence-corrected chi connectivity index (χ2v) is 8.04. The monoisotopic (exact) mass is 327 g/mol. The molecule has 2 aromatic rings. The number of nitrogens with one attached hydrogen (secondary N) is 1. The fraction of sp³-hybridized carbons (Fsp3) is 0.684. The highest BCUT2D eigenvalue weighted by Crippen LogP contribution is 2.31. The summed E-state index contributed by atoms with van der Waals surface area (Å²) in [6, 6.07) is 3.00. The Morgan fingerprint density at radius 1 is 1.29 bits per heavy atom. The molecule has 0 unspecified atom stereocenters. The van der Waals surface area contributed by atoms with E-state index >= 15 is 0 Å². The minimum Gasteiger partial charge on any atom is -0.367 e. The number of anilines is 1. The third kappa shape index (κ3) is 3.02. The summed E-state index contributed by atoms with van der Waals surface area (Å²) in [5.74, 6) is 2.33. The van der Waals surface area contributed by atoms with Crippen LogP contribution >= 0.6 is 0 Å². The van der Waals surface area contributed by atoms with Crippen LogP contribution in [0.5, 0.6) is 0 Å². The predicted molar refractivity (Wildman–Crippen MR) is 97.4 cm³/mol. The SMILES string of the molecule is CC(C)c1cnn2c(N[C@H]3CC[C@H](N)C3)cc(CC3CCC3)nc12. The lowest BCUT2D eigenvalue weighted by Gasteiger charge is -2.25. The van der Waals surface area contributed by atoms with Gasteiger partial charge in [-0.15, -0.1) is 0 Å². The quantitative estimate of drug-likeness (QED) is 0.882. The maximum atomic E-state index is 6.08. The molecule has 0 radical (unpaired) electrons. The largest absolute Gasteiger partial charge is 0.367 e. The van der Waals surface area contributed by atoms with Crippen molar-refractivity contribution in [1.29, 1.82) is 0 Å². The summed E-state index contributed by atoms with van der Waals surface area (Å²) in [4.78, 5) is 4.96. The Kier molecular flexibility index (Phi) is 4.21. The first kappa shape index (κ1) is 15.9. The summed E-state index contributed by atoms with van der Waals surface area (Å²) in [6.45, 7) is 4.42. The van der Waals surface area contributed by atoms with E-state index in [1.54, 1.807) is 0 Å². The van der Waals surface area contributed by atoms with Crippen LogP contribution < -0.4 is 11.1 Å². The minimum atomic E-state index is 0.332. The fourth-order valence-corrected chi connectivity index (χ4v) is 3.99. The molecule has 2 aliphatic rings. The summed E-state index contributed by atoms with van der Waals surface area (Å²) in [7, 11) is 0. The Labute approximate surface area is 144 Å². The number of hydrogen-bond acceptors (Lipinski definition) is 4. The van der Waals surface area contributed by atoms with Crippen molar-refractivity contribution in [3.05, 3.63) is 23.5 Å². The molecule has 2 heterocycles. The molecule has 0 aliphatic heterocycles. The number of fused-ring (bicyclic) bond motifs is 1. The van der Waals surface area contributed by atoms with Crippen molar-refractivity contribution in [2.45, 2.75) is 76.8 Å². The van der Waals surface area contributed by atoms with Gasteiger partial charge < -0.3 is 11.1 Å². The van der Waals surface area contributed by atoms with E-state index in [1.807, 2.05) is 10.7 Å². The topological polar surface area (TPSA) is 68.2 Å². The Bertz CT molecular complexity index is 716. The van der Waals surface area contributed by atoms with Gasteiger partial charge in [0.15, 0.2) is 5.65 Å². The summed E-state index contributed by atoms with van der Waals surface area (Å²) >= 11 is 0. The van der Waals surface area contributed by atoms with Gasteiger partial charge >= 0.3 is 0 Å². The van der Waals surface area contributed by atoms with Crippen molar-refractivity contribution in [2.24, 2.45) is 11.7 Å². The van der Waals surface area contributed by atoms with Gasteiger partial charge in [-0.05, 0) is 37.5 Å². The van der Waals surface area contributed by atoms with Crippen molar-refractivity contribution in [3.63, 3.8) is 0 Å². The first-order chi connectivity index (χ1) is 11.6. The zero-order valence-corrected chi connectivity index (χ0v) is 14.8. The highest BCUT2D eigenvalue weighted by molar-refractivity contribution is 5.55. The Morgan fingerprint density at radius 2 is 2.12 bits per heavy atom. The van der Waals surface area contributed by atoms with E-state index in [-0.39, 0.29) is 0 Å². The molecule has 2 saturated carbocycles. The summed E-state index contributed by atoms with van der Waals surface area (Å²) in [5.41, 5.74) is 9.54. The van der Waals surface area contributed by atoms with Crippen LogP contribution in [-0.2, 0) is 6.42 Å². The molecule has 2 fully saturated rings. The molecule has 2 atom stereocenters. The molecule has 3 N–H and O–H groups in total. The van der Waals surface area contributed by atoms with Crippen LogP contribution in [0.1, 0.15) is 69.5 Å². The van der Waals surface area contributed by atoms with Gasteiger partial charge in [0.1, 0.15) is 5.82 Å². The van der Waals surface area contributed by atoms with Crippen molar-refractivity contribution in [3.8, 4) is 0 Å². The van der Waals surface area contributed by atoms with Gasteiger partial charge in [-0.25, -0.2) is 4.98 Å². The van der Waals surface area contributed by atoms with Gasteiger partial charge in [-0.1, -0.05) is 33.1 Å². The third-order valence-electron chi connectivity index (χ3n) is 5.72. The molecule has 2 aromatic heterocycles. The number of nitrogens with two attached hydrogens (primary N) is 1. The number of hydrogen-bond donors (Lipinski definition) is 2. The smallest absolute Gasteiger partial charge is 0.161 e.